The predicted molar refractivity (Wildman–Crippen MR) is 113 cm³/mol. The SMILES string of the molecule is CC(=O)N(OCCc1ccc(Cl)cc1)C1CCN(CCc2ccccc2)CC1. The Bertz CT molecular complexity index is 728. The Morgan fingerprint density at radius 2 is 1.68 bits per heavy atom. The van der Waals surface area contributed by atoms with Crippen LogP contribution in [0.25, 0.3) is 0 Å². The fourth-order valence-electron chi connectivity index (χ4n) is 3.68. The predicted octanol–water partition coefficient (Wildman–Crippen LogP) is 4.37. The standard InChI is InChI=1S/C23H29ClN2O2/c1-19(27)26(28-18-14-21-7-9-22(24)10-8-21)23-12-16-25(17-13-23)15-11-20-5-3-2-4-6-20/h2-10,23H,11-18H2,1H3. The molecule has 0 unspecified atom stereocenters. The Hall–Kier alpha value is -1.88. The van der Waals surface area contributed by atoms with Gasteiger partial charge in [0.1, 0.15) is 0 Å². The number of amides is 1. The van der Waals surface area contributed by atoms with Gasteiger partial charge in [-0.2, -0.15) is 0 Å². The van der Waals surface area contributed by atoms with Crippen molar-refractivity contribution >= 4 is 17.5 Å². The molecular formula is C23H29ClN2O2. The summed E-state index contributed by atoms with van der Waals surface area (Å²) >= 11 is 5.92. The summed E-state index contributed by atoms with van der Waals surface area (Å²) in [4.78, 5) is 20.4. The topological polar surface area (TPSA) is 32.8 Å². The minimum Gasteiger partial charge on any atom is -0.303 e. The number of hydrogen-bond donors (Lipinski definition) is 0. The van der Waals surface area contributed by atoms with Gasteiger partial charge >= 0.3 is 0 Å². The van der Waals surface area contributed by atoms with Crippen molar-refractivity contribution < 1.29 is 9.63 Å². The lowest BCUT2D eigenvalue weighted by atomic mass is 10.0. The van der Waals surface area contributed by atoms with E-state index in [-0.39, 0.29) is 11.9 Å². The normalized spacial score (nSPS) is 15.5. The average Bonchev–Trinajstić information content (AvgIpc) is 2.72. The first kappa shape index (κ1) is 20.8. The van der Waals surface area contributed by atoms with Gasteiger partial charge in [-0.1, -0.05) is 54.1 Å². The summed E-state index contributed by atoms with van der Waals surface area (Å²) in [5, 5.41) is 2.33. The molecule has 1 saturated heterocycles. The van der Waals surface area contributed by atoms with E-state index in [0.717, 1.165) is 55.9 Å². The number of rotatable bonds is 8. The van der Waals surface area contributed by atoms with E-state index in [9.17, 15) is 4.79 Å². The van der Waals surface area contributed by atoms with E-state index in [2.05, 4.69) is 35.2 Å². The molecule has 2 aromatic rings. The highest BCUT2D eigenvalue weighted by Crippen LogP contribution is 2.18. The van der Waals surface area contributed by atoms with Crippen molar-refractivity contribution in [2.75, 3.05) is 26.2 Å². The van der Waals surface area contributed by atoms with Gasteiger partial charge in [-0.25, -0.2) is 5.06 Å². The molecule has 1 aliphatic heterocycles. The quantitative estimate of drug-likeness (QED) is 0.617. The third-order valence-electron chi connectivity index (χ3n) is 5.29. The van der Waals surface area contributed by atoms with E-state index in [4.69, 9.17) is 16.4 Å². The van der Waals surface area contributed by atoms with E-state index in [1.165, 1.54) is 5.56 Å². The number of carbonyl (C=O) groups is 1. The first-order valence-corrected chi connectivity index (χ1v) is 10.4. The third kappa shape index (κ3) is 6.33. The molecule has 0 radical (unpaired) electrons. The minimum atomic E-state index is -0.0150. The first-order valence-electron chi connectivity index (χ1n) is 10.1. The van der Waals surface area contributed by atoms with Crippen LogP contribution in [-0.4, -0.2) is 48.2 Å². The molecule has 4 nitrogen and oxygen atoms in total. The molecule has 150 valence electrons. The van der Waals surface area contributed by atoms with Gasteiger partial charge < -0.3 is 4.90 Å². The maximum absolute atomic E-state index is 12.1. The van der Waals surface area contributed by atoms with Crippen molar-refractivity contribution in [1.29, 1.82) is 0 Å². The van der Waals surface area contributed by atoms with E-state index >= 15 is 0 Å². The fraction of sp³-hybridized carbons (Fsp3) is 0.435. The van der Waals surface area contributed by atoms with Gasteiger partial charge in [-0.3, -0.25) is 9.63 Å². The van der Waals surface area contributed by atoms with E-state index in [0.29, 0.717) is 6.61 Å². The molecule has 1 amide bonds. The Kier molecular flexibility index (Phi) is 7.90. The van der Waals surface area contributed by atoms with Gasteiger partial charge in [0, 0.05) is 31.6 Å². The molecular weight excluding hydrogens is 372 g/mol. The Labute approximate surface area is 173 Å². The smallest absolute Gasteiger partial charge is 0.243 e. The van der Waals surface area contributed by atoms with Crippen LogP contribution in [-0.2, 0) is 22.5 Å². The second-order valence-electron chi connectivity index (χ2n) is 7.36. The molecule has 0 atom stereocenters. The Morgan fingerprint density at radius 1 is 1.04 bits per heavy atom. The van der Waals surface area contributed by atoms with Crippen LogP contribution in [0.1, 0.15) is 30.9 Å². The summed E-state index contributed by atoms with van der Waals surface area (Å²) < 4.78 is 0. The zero-order valence-corrected chi connectivity index (χ0v) is 17.3. The maximum atomic E-state index is 12.1. The summed E-state index contributed by atoms with van der Waals surface area (Å²) in [7, 11) is 0. The van der Waals surface area contributed by atoms with Gasteiger partial charge in [-0.05, 0) is 48.9 Å². The Morgan fingerprint density at radius 3 is 2.32 bits per heavy atom. The monoisotopic (exact) mass is 400 g/mol. The van der Waals surface area contributed by atoms with Crippen molar-refractivity contribution in [1.82, 2.24) is 9.96 Å². The van der Waals surface area contributed by atoms with Crippen LogP contribution in [0.15, 0.2) is 54.6 Å². The molecule has 3 rings (SSSR count). The van der Waals surface area contributed by atoms with Crippen molar-refractivity contribution in [3.8, 4) is 0 Å². The number of hydroxylamine groups is 2. The zero-order valence-electron chi connectivity index (χ0n) is 16.5. The van der Waals surface area contributed by atoms with Crippen LogP contribution in [0.4, 0.5) is 0 Å². The maximum Gasteiger partial charge on any atom is 0.243 e. The summed E-state index contributed by atoms with van der Waals surface area (Å²) in [6.07, 6.45) is 3.74. The molecule has 0 saturated carbocycles. The van der Waals surface area contributed by atoms with Gasteiger partial charge in [0.15, 0.2) is 0 Å². The highest BCUT2D eigenvalue weighted by molar-refractivity contribution is 6.30. The van der Waals surface area contributed by atoms with Crippen LogP contribution < -0.4 is 0 Å². The van der Waals surface area contributed by atoms with Gasteiger partial charge in [-0.15, -0.1) is 0 Å². The molecule has 0 aliphatic carbocycles. The molecule has 0 N–H and O–H groups in total. The molecule has 5 heteroatoms. The van der Waals surface area contributed by atoms with Gasteiger partial charge in [0.05, 0.1) is 12.6 Å². The lowest BCUT2D eigenvalue weighted by molar-refractivity contribution is -0.202. The highest BCUT2D eigenvalue weighted by Gasteiger charge is 2.27. The fourth-order valence-corrected chi connectivity index (χ4v) is 3.80. The molecule has 2 aromatic carbocycles. The first-order chi connectivity index (χ1) is 13.6. The third-order valence-corrected chi connectivity index (χ3v) is 5.54. The zero-order chi connectivity index (χ0) is 19.8. The lowest BCUT2D eigenvalue weighted by Crippen LogP contribution is -2.47. The number of halogens is 1. The van der Waals surface area contributed by atoms with Crippen molar-refractivity contribution in [3.05, 3.63) is 70.7 Å². The van der Waals surface area contributed by atoms with Crippen LogP contribution in [0.5, 0.6) is 0 Å². The van der Waals surface area contributed by atoms with Gasteiger partial charge in [0.25, 0.3) is 0 Å². The number of carbonyl (C=O) groups excluding carboxylic acids is 1. The molecule has 1 heterocycles. The van der Waals surface area contributed by atoms with E-state index in [1.54, 1.807) is 12.0 Å². The van der Waals surface area contributed by atoms with Crippen LogP contribution >= 0.6 is 11.6 Å². The molecule has 28 heavy (non-hydrogen) atoms. The van der Waals surface area contributed by atoms with Crippen molar-refractivity contribution in [3.63, 3.8) is 0 Å². The largest absolute Gasteiger partial charge is 0.303 e. The molecule has 1 aliphatic rings. The second-order valence-corrected chi connectivity index (χ2v) is 7.80. The lowest BCUT2D eigenvalue weighted by Gasteiger charge is -2.37. The van der Waals surface area contributed by atoms with Crippen LogP contribution in [0.2, 0.25) is 5.02 Å². The summed E-state index contributed by atoms with van der Waals surface area (Å²) in [5.74, 6) is -0.0150. The summed E-state index contributed by atoms with van der Waals surface area (Å²) in [6.45, 7) is 5.15. The number of hydrogen-bond acceptors (Lipinski definition) is 3. The average molecular weight is 401 g/mol. The van der Waals surface area contributed by atoms with Crippen LogP contribution in [0.3, 0.4) is 0 Å². The van der Waals surface area contributed by atoms with Crippen LogP contribution in [0, 0.1) is 0 Å². The molecule has 0 bridgehead atoms. The van der Waals surface area contributed by atoms with Gasteiger partial charge in [0.2, 0.25) is 5.91 Å². The molecule has 0 spiro atoms. The van der Waals surface area contributed by atoms with Crippen molar-refractivity contribution in [2.24, 2.45) is 0 Å². The number of likely N-dealkylation sites (tertiary alicyclic amines) is 1. The Balaban J connectivity index is 1.42. The summed E-state index contributed by atoms with van der Waals surface area (Å²) in [6, 6.07) is 18.5. The molecule has 0 aromatic heterocycles. The minimum absolute atomic E-state index is 0.0150. The van der Waals surface area contributed by atoms with Crippen molar-refractivity contribution in [2.45, 2.75) is 38.6 Å². The highest BCUT2D eigenvalue weighted by atomic mass is 35.5. The number of benzene rings is 2. The number of nitrogens with zero attached hydrogens (tertiary/aromatic N) is 2. The van der Waals surface area contributed by atoms with E-state index in [1.807, 2.05) is 24.3 Å². The second kappa shape index (κ2) is 10.6. The summed E-state index contributed by atoms with van der Waals surface area (Å²) in [5.41, 5.74) is 2.53. The van der Waals surface area contributed by atoms with E-state index < -0.39 is 0 Å². The molecule has 1 fully saturated rings. The number of piperidine rings is 1.